The van der Waals surface area contributed by atoms with Crippen molar-refractivity contribution in [1.29, 1.82) is 0 Å². The van der Waals surface area contributed by atoms with E-state index in [4.69, 9.17) is 40.5 Å². The number of ether oxygens (including phenoxy) is 2. The Bertz CT molecular complexity index is 491. The predicted octanol–water partition coefficient (Wildman–Crippen LogP) is 0.245. The first-order valence-corrected chi connectivity index (χ1v) is 13.9. The Morgan fingerprint density at radius 2 is 1.18 bits per heavy atom. The first-order valence-electron chi connectivity index (χ1n) is 13.0. The Hall–Kier alpha value is 0.380. The Balaban J connectivity index is 1.96. The minimum atomic E-state index is -0.188. The highest BCUT2D eigenvalue weighted by molar-refractivity contribution is 7.82. The highest BCUT2D eigenvalue weighted by Gasteiger charge is 2.39. The molecule has 0 aromatic heterocycles. The van der Waals surface area contributed by atoms with Crippen molar-refractivity contribution >= 4 is 25.3 Å². The van der Waals surface area contributed by atoms with E-state index >= 15 is 0 Å². The van der Waals surface area contributed by atoms with Crippen molar-refractivity contribution in [1.82, 2.24) is 25.3 Å². The smallest absolute Gasteiger partial charge is 0.0594 e. The number of morpholine rings is 2. The SMILES string of the molecule is CC(C)(S)C(CNCCN1CCOCC1)N(CCN)C(CNCCN1CCOCC1)C(C)(C)S. The van der Waals surface area contributed by atoms with Gasteiger partial charge in [-0.2, -0.15) is 25.3 Å². The van der Waals surface area contributed by atoms with E-state index in [1.807, 2.05) is 0 Å². The molecular formula is C24H52N6O2S2. The minimum Gasteiger partial charge on any atom is -0.379 e. The molecule has 0 radical (unpaired) electrons. The van der Waals surface area contributed by atoms with Gasteiger partial charge in [0.1, 0.15) is 0 Å². The zero-order valence-electron chi connectivity index (χ0n) is 22.1. The number of nitrogens with one attached hydrogen (secondary N) is 2. The number of hydrogen-bond donors (Lipinski definition) is 5. The monoisotopic (exact) mass is 520 g/mol. The molecule has 10 heteroatoms. The number of rotatable bonds is 16. The molecule has 2 aliphatic rings. The molecule has 0 saturated carbocycles. The van der Waals surface area contributed by atoms with E-state index in [9.17, 15) is 0 Å². The summed E-state index contributed by atoms with van der Waals surface area (Å²) in [5.41, 5.74) is 6.13. The van der Waals surface area contributed by atoms with Gasteiger partial charge in [0.15, 0.2) is 0 Å². The molecule has 202 valence electrons. The maximum absolute atomic E-state index is 6.13. The van der Waals surface area contributed by atoms with Crippen LogP contribution in [-0.4, -0.2) is 141 Å². The van der Waals surface area contributed by atoms with E-state index in [2.05, 4.69) is 53.0 Å². The van der Waals surface area contributed by atoms with Crippen molar-refractivity contribution in [3.8, 4) is 0 Å². The third kappa shape index (κ3) is 11.2. The highest BCUT2D eigenvalue weighted by Crippen LogP contribution is 2.30. The molecule has 34 heavy (non-hydrogen) atoms. The summed E-state index contributed by atoms with van der Waals surface area (Å²) < 4.78 is 10.6. The molecule has 2 heterocycles. The first-order chi connectivity index (χ1) is 16.1. The summed E-state index contributed by atoms with van der Waals surface area (Å²) in [7, 11) is 0. The lowest BCUT2D eigenvalue weighted by atomic mass is 9.93. The van der Waals surface area contributed by atoms with Gasteiger partial charge in [0.05, 0.1) is 26.4 Å². The fourth-order valence-corrected chi connectivity index (χ4v) is 5.30. The Morgan fingerprint density at radius 1 is 0.794 bits per heavy atom. The molecule has 2 fully saturated rings. The molecule has 2 unspecified atom stereocenters. The summed E-state index contributed by atoms with van der Waals surface area (Å²) in [4.78, 5) is 7.48. The van der Waals surface area contributed by atoms with Gasteiger partial charge in [-0.15, -0.1) is 0 Å². The molecule has 0 spiro atoms. The van der Waals surface area contributed by atoms with Crippen LogP contribution in [0.5, 0.6) is 0 Å². The largest absolute Gasteiger partial charge is 0.379 e. The summed E-state index contributed by atoms with van der Waals surface area (Å²) in [6, 6.07) is 0.447. The van der Waals surface area contributed by atoms with Gasteiger partial charge in [-0.1, -0.05) is 0 Å². The lowest BCUT2D eigenvalue weighted by molar-refractivity contribution is 0.0371. The Labute approximate surface area is 219 Å². The van der Waals surface area contributed by atoms with Gasteiger partial charge in [-0.3, -0.25) is 14.7 Å². The van der Waals surface area contributed by atoms with Crippen LogP contribution in [0, 0.1) is 0 Å². The van der Waals surface area contributed by atoms with E-state index in [1.165, 1.54) is 0 Å². The van der Waals surface area contributed by atoms with E-state index in [1.54, 1.807) is 0 Å². The standard InChI is InChI=1S/C24H52N6O2S2/c1-23(2,33)21(19-26-6-9-28-11-15-31-16-12-28)30(8-5-25)22(24(3,4)34)20-27-7-10-29-13-17-32-18-14-29/h21-22,26-27,33-34H,5-20,25H2,1-4H3. The average molecular weight is 521 g/mol. The number of thiol groups is 2. The molecule has 8 nitrogen and oxygen atoms in total. The third-order valence-electron chi connectivity index (χ3n) is 6.91. The normalized spacial score (nSPS) is 21.2. The van der Waals surface area contributed by atoms with Crippen molar-refractivity contribution in [3.05, 3.63) is 0 Å². The number of nitrogens with zero attached hydrogens (tertiary/aromatic N) is 3. The Kier molecular flexibility index (Phi) is 14.0. The minimum absolute atomic E-state index is 0.188. The molecule has 0 aliphatic carbocycles. The van der Waals surface area contributed by atoms with Crippen LogP contribution in [-0.2, 0) is 9.47 Å². The molecule has 4 N–H and O–H groups in total. The van der Waals surface area contributed by atoms with Crippen LogP contribution >= 0.6 is 25.3 Å². The average Bonchev–Trinajstić information content (AvgIpc) is 2.78. The molecular weight excluding hydrogens is 468 g/mol. The maximum atomic E-state index is 6.13. The Morgan fingerprint density at radius 3 is 1.50 bits per heavy atom. The molecule has 0 aromatic carbocycles. The van der Waals surface area contributed by atoms with Gasteiger partial charge in [0.2, 0.25) is 0 Å². The summed E-state index contributed by atoms with van der Waals surface area (Å²) in [5.74, 6) is 0. The van der Waals surface area contributed by atoms with Gasteiger partial charge >= 0.3 is 0 Å². The lowest BCUT2D eigenvalue weighted by Crippen LogP contribution is -2.63. The predicted molar refractivity (Wildman–Crippen MR) is 150 cm³/mol. The number of hydrogen-bond acceptors (Lipinski definition) is 10. The second-order valence-corrected chi connectivity index (χ2v) is 13.0. The van der Waals surface area contributed by atoms with E-state index in [0.717, 1.165) is 98.4 Å². The van der Waals surface area contributed by atoms with Gasteiger partial charge in [0.25, 0.3) is 0 Å². The van der Waals surface area contributed by atoms with Crippen LogP contribution in [0.4, 0.5) is 0 Å². The molecule has 2 atom stereocenters. The van der Waals surface area contributed by atoms with Crippen molar-refractivity contribution in [2.75, 3.05) is 105 Å². The van der Waals surface area contributed by atoms with E-state index in [0.29, 0.717) is 6.54 Å². The molecule has 2 rings (SSSR count). The summed E-state index contributed by atoms with van der Waals surface area (Å²) in [6.45, 7) is 23.5. The lowest BCUT2D eigenvalue weighted by Gasteiger charge is -2.48. The van der Waals surface area contributed by atoms with Crippen molar-refractivity contribution in [2.24, 2.45) is 5.73 Å². The van der Waals surface area contributed by atoms with Crippen LogP contribution in [0.2, 0.25) is 0 Å². The van der Waals surface area contributed by atoms with Crippen LogP contribution in [0.25, 0.3) is 0 Å². The molecule has 0 amide bonds. The molecule has 0 bridgehead atoms. The first kappa shape index (κ1) is 30.6. The van der Waals surface area contributed by atoms with Gasteiger partial charge < -0.3 is 25.8 Å². The topological polar surface area (TPSA) is 78.3 Å². The zero-order chi connectivity index (χ0) is 25.0. The molecule has 0 aromatic rings. The van der Waals surface area contributed by atoms with Crippen LogP contribution < -0.4 is 16.4 Å². The fourth-order valence-electron chi connectivity index (χ4n) is 4.83. The second kappa shape index (κ2) is 15.6. The van der Waals surface area contributed by atoms with Gasteiger partial charge in [-0.05, 0) is 27.7 Å². The van der Waals surface area contributed by atoms with Crippen LogP contribution in [0.1, 0.15) is 27.7 Å². The quantitative estimate of drug-likeness (QED) is 0.146. The highest BCUT2D eigenvalue weighted by atomic mass is 32.1. The fraction of sp³-hybridized carbons (Fsp3) is 1.00. The number of nitrogens with two attached hydrogens (primary N) is 1. The summed E-state index contributed by atoms with van der Waals surface area (Å²) in [6.07, 6.45) is 0. The van der Waals surface area contributed by atoms with E-state index in [-0.39, 0.29) is 21.6 Å². The zero-order valence-corrected chi connectivity index (χ0v) is 23.9. The molecule has 2 saturated heterocycles. The summed E-state index contributed by atoms with van der Waals surface area (Å²) >= 11 is 10.1. The van der Waals surface area contributed by atoms with Crippen molar-refractivity contribution in [3.63, 3.8) is 0 Å². The van der Waals surface area contributed by atoms with Gasteiger partial charge in [-0.25, -0.2) is 0 Å². The van der Waals surface area contributed by atoms with Crippen LogP contribution in [0.3, 0.4) is 0 Å². The second-order valence-electron chi connectivity index (χ2n) is 10.7. The molecule has 2 aliphatic heterocycles. The maximum Gasteiger partial charge on any atom is 0.0594 e. The van der Waals surface area contributed by atoms with Crippen LogP contribution in [0.15, 0.2) is 0 Å². The summed E-state index contributed by atoms with van der Waals surface area (Å²) in [5, 5.41) is 7.43. The van der Waals surface area contributed by atoms with Crippen molar-refractivity contribution < 1.29 is 9.47 Å². The van der Waals surface area contributed by atoms with Gasteiger partial charge in [0, 0.05) is 100 Å². The van der Waals surface area contributed by atoms with Crippen molar-refractivity contribution in [2.45, 2.75) is 49.3 Å². The van der Waals surface area contributed by atoms with E-state index < -0.39 is 0 Å². The third-order valence-corrected chi connectivity index (χ3v) is 7.51.